The largest absolute Gasteiger partial charge is 0.368 e. The minimum atomic E-state index is -0.386. The summed E-state index contributed by atoms with van der Waals surface area (Å²) in [6, 6.07) is 6.64. The van der Waals surface area contributed by atoms with Crippen LogP contribution >= 0.6 is 0 Å². The molecule has 3 aliphatic rings. The lowest BCUT2D eigenvalue weighted by Gasteiger charge is -2.40. The quantitative estimate of drug-likeness (QED) is 0.394. The Balaban J connectivity index is 1.12. The summed E-state index contributed by atoms with van der Waals surface area (Å²) < 4.78 is 2.25. The van der Waals surface area contributed by atoms with E-state index in [0.29, 0.717) is 32.7 Å². The molecule has 11 heteroatoms. The first-order chi connectivity index (χ1) is 18.1. The van der Waals surface area contributed by atoms with Crippen molar-refractivity contribution in [2.24, 2.45) is 5.92 Å². The Labute approximate surface area is 215 Å². The minimum absolute atomic E-state index is 0.0647. The lowest BCUT2D eigenvalue weighted by Crippen LogP contribution is -2.52. The van der Waals surface area contributed by atoms with E-state index in [1.54, 1.807) is 18.5 Å². The van der Waals surface area contributed by atoms with Crippen LogP contribution in [0.2, 0.25) is 0 Å². The van der Waals surface area contributed by atoms with Crippen molar-refractivity contribution in [3.8, 4) is 0 Å². The van der Waals surface area contributed by atoms with E-state index in [9.17, 15) is 14.9 Å². The highest BCUT2D eigenvalue weighted by molar-refractivity contribution is 5.85. The number of rotatable bonds is 4. The number of benzene rings is 1. The molecule has 0 spiro atoms. The third kappa shape index (κ3) is 4.58. The Morgan fingerprint density at radius 2 is 1.73 bits per heavy atom. The van der Waals surface area contributed by atoms with Crippen molar-refractivity contribution in [3.63, 3.8) is 0 Å². The fourth-order valence-electron chi connectivity index (χ4n) is 5.96. The van der Waals surface area contributed by atoms with Gasteiger partial charge in [-0.15, -0.1) is 0 Å². The summed E-state index contributed by atoms with van der Waals surface area (Å²) >= 11 is 0. The van der Waals surface area contributed by atoms with Gasteiger partial charge in [0, 0.05) is 70.1 Å². The molecular formula is C26H32N8O3. The molecule has 0 bridgehead atoms. The topological polar surface area (TPSA) is 114 Å². The van der Waals surface area contributed by atoms with Gasteiger partial charge in [0.05, 0.1) is 10.8 Å². The first-order valence-corrected chi connectivity index (χ1v) is 13.3. The highest BCUT2D eigenvalue weighted by atomic mass is 16.6. The normalized spacial score (nSPS) is 20.5. The number of aryl methyl sites for hydroxylation is 2. The van der Waals surface area contributed by atoms with Crippen LogP contribution in [0.25, 0.3) is 11.2 Å². The molecule has 3 aromatic rings. The first kappa shape index (κ1) is 23.6. The number of fused-ring (bicyclic) bond motifs is 3. The van der Waals surface area contributed by atoms with Gasteiger partial charge in [-0.1, -0.05) is 6.42 Å². The van der Waals surface area contributed by atoms with Crippen LogP contribution in [0.3, 0.4) is 0 Å². The van der Waals surface area contributed by atoms with Crippen molar-refractivity contribution in [3.05, 3.63) is 46.5 Å². The number of imidazole rings is 1. The number of amides is 1. The Morgan fingerprint density at radius 1 is 0.919 bits per heavy atom. The van der Waals surface area contributed by atoms with Crippen LogP contribution in [0.5, 0.6) is 0 Å². The Hall–Kier alpha value is -3.76. The van der Waals surface area contributed by atoms with Crippen molar-refractivity contribution in [1.29, 1.82) is 0 Å². The number of nitro groups is 1. The average molecular weight is 505 g/mol. The average Bonchev–Trinajstić information content (AvgIpc) is 3.13. The van der Waals surface area contributed by atoms with Crippen molar-refractivity contribution >= 4 is 34.3 Å². The van der Waals surface area contributed by atoms with Gasteiger partial charge < -0.3 is 19.3 Å². The number of carbonyl (C=O) groups excluding carboxylic acids is 1. The summed E-state index contributed by atoms with van der Waals surface area (Å²) in [4.78, 5) is 44.6. The van der Waals surface area contributed by atoms with Crippen molar-refractivity contribution in [2.45, 2.75) is 45.1 Å². The molecule has 2 aromatic heterocycles. The van der Waals surface area contributed by atoms with E-state index in [1.165, 1.54) is 18.6 Å². The fourth-order valence-corrected chi connectivity index (χ4v) is 5.96. The number of nitro benzene ring substituents is 1. The minimum Gasteiger partial charge on any atom is -0.368 e. The van der Waals surface area contributed by atoms with Gasteiger partial charge >= 0.3 is 0 Å². The number of anilines is 2. The van der Waals surface area contributed by atoms with Gasteiger partial charge in [-0.05, 0) is 37.8 Å². The molecule has 2 fully saturated rings. The van der Waals surface area contributed by atoms with E-state index in [2.05, 4.69) is 24.3 Å². The SMILES string of the molecule is O=C([C@H]1CCCN(c2ncnc3c2nc2n3CCCCC2)C1)N1CCN(c2ccc([N+](=O)[O-])cc2)CC1. The van der Waals surface area contributed by atoms with Gasteiger partial charge in [0.2, 0.25) is 5.91 Å². The van der Waals surface area contributed by atoms with E-state index in [0.717, 1.165) is 73.7 Å². The lowest BCUT2D eigenvalue weighted by atomic mass is 9.96. The lowest BCUT2D eigenvalue weighted by molar-refractivity contribution is -0.384. The third-order valence-corrected chi connectivity index (χ3v) is 7.96. The molecule has 0 saturated carbocycles. The highest BCUT2D eigenvalue weighted by Crippen LogP contribution is 2.30. The molecule has 0 N–H and O–H groups in total. The van der Waals surface area contributed by atoms with E-state index < -0.39 is 0 Å². The van der Waals surface area contributed by atoms with Crippen LogP contribution < -0.4 is 9.80 Å². The van der Waals surface area contributed by atoms with Crippen LogP contribution in [0.4, 0.5) is 17.2 Å². The monoisotopic (exact) mass is 504 g/mol. The fraction of sp³-hybridized carbons (Fsp3) is 0.538. The molecule has 0 radical (unpaired) electrons. The second kappa shape index (κ2) is 9.95. The van der Waals surface area contributed by atoms with Crippen molar-refractivity contribution in [2.75, 3.05) is 49.1 Å². The maximum atomic E-state index is 13.5. The molecule has 0 aliphatic carbocycles. The summed E-state index contributed by atoms with van der Waals surface area (Å²) in [6.07, 6.45) is 7.97. The van der Waals surface area contributed by atoms with Crippen LogP contribution in [0.1, 0.15) is 37.9 Å². The van der Waals surface area contributed by atoms with Gasteiger partial charge in [-0.25, -0.2) is 15.0 Å². The molecule has 37 heavy (non-hydrogen) atoms. The van der Waals surface area contributed by atoms with Crippen LogP contribution in [-0.4, -0.2) is 74.5 Å². The van der Waals surface area contributed by atoms with Gasteiger partial charge in [0.1, 0.15) is 12.2 Å². The predicted molar refractivity (Wildman–Crippen MR) is 140 cm³/mol. The number of nitrogens with zero attached hydrogens (tertiary/aromatic N) is 8. The molecule has 1 atom stereocenters. The summed E-state index contributed by atoms with van der Waals surface area (Å²) in [6.45, 7) is 5.20. The van der Waals surface area contributed by atoms with E-state index in [-0.39, 0.29) is 22.4 Å². The Morgan fingerprint density at radius 3 is 2.51 bits per heavy atom. The maximum Gasteiger partial charge on any atom is 0.269 e. The number of hydrogen-bond acceptors (Lipinski definition) is 8. The molecule has 6 rings (SSSR count). The molecule has 11 nitrogen and oxygen atoms in total. The number of piperazine rings is 1. The first-order valence-electron chi connectivity index (χ1n) is 13.3. The molecule has 1 amide bonds. The zero-order chi connectivity index (χ0) is 25.4. The summed E-state index contributed by atoms with van der Waals surface area (Å²) in [5, 5.41) is 10.9. The molecular weight excluding hydrogens is 472 g/mol. The second-order valence-electron chi connectivity index (χ2n) is 10.2. The van der Waals surface area contributed by atoms with Crippen LogP contribution in [0.15, 0.2) is 30.6 Å². The molecule has 3 aliphatic heterocycles. The number of non-ortho nitro benzene ring substituents is 1. The van der Waals surface area contributed by atoms with Gasteiger partial charge in [0.15, 0.2) is 17.0 Å². The van der Waals surface area contributed by atoms with E-state index >= 15 is 0 Å². The van der Waals surface area contributed by atoms with Gasteiger partial charge in [-0.2, -0.15) is 0 Å². The maximum absolute atomic E-state index is 13.5. The van der Waals surface area contributed by atoms with Gasteiger partial charge in [-0.3, -0.25) is 14.9 Å². The van der Waals surface area contributed by atoms with Crippen molar-refractivity contribution < 1.29 is 9.72 Å². The number of aromatic nitrogens is 4. The Kier molecular flexibility index (Phi) is 6.35. The smallest absolute Gasteiger partial charge is 0.269 e. The van der Waals surface area contributed by atoms with Gasteiger partial charge in [0.25, 0.3) is 5.69 Å². The summed E-state index contributed by atoms with van der Waals surface area (Å²) in [5.74, 6) is 2.10. The predicted octanol–water partition coefficient (Wildman–Crippen LogP) is 3.03. The molecule has 2 saturated heterocycles. The highest BCUT2D eigenvalue weighted by Gasteiger charge is 2.33. The number of carbonyl (C=O) groups is 1. The van der Waals surface area contributed by atoms with E-state index in [4.69, 9.17) is 4.98 Å². The third-order valence-electron chi connectivity index (χ3n) is 7.96. The number of piperidine rings is 1. The summed E-state index contributed by atoms with van der Waals surface area (Å²) in [5.41, 5.74) is 2.82. The van der Waals surface area contributed by atoms with E-state index in [1.807, 2.05) is 4.90 Å². The zero-order valence-corrected chi connectivity index (χ0v) is 21.0. The second-order valence-corrected chi connectivity index (χ2v) is 10.2. The number of hydrogen-bond donors (Lipinski definition) is 0. The standard InChI is InChI=1S/C26H32N8O3/c35-26(31-15-13-30(14-16-31)20-7-9-21(10-8-20)34(36)37)19-5-4-11-32(17-19)24-23-25(28-18-27-24)33-12-3-1-2-6-22(33)29-23/h7-10,18-19H,1-6,11-17H2/t19-/m0/s1. The zero-order valence-electron chi connectivity index (χ0n) is 21.0. The van der Waals surface area contributed by atoms with Crippen LogP contribution in [-0.2, 0) is 17.8 Å². The summed E-state index contributed by atoms with van der Waals surface area (Å²) in [7, 11) is 0. The molecule has 5 heterocycles. The molecule has 0 unspecified atom stereocenters. The van der Waals surface area contributed by atoms with Crippen LogP contribution in [0, 0.1) is 16.0 Å². The van der Waals surface area contributed by atoms with Crippen molar-refractivity contribution in [1.82, 2.24) is 24.4 Å². The molecule has 194 valence electrons. The Bertz CT molecular complexity index is 1300. The molecule has 1 aromatic carbocycles.